The van der Waals surface area contributed by atoms with Crippen LogP contribution in [0.4, 0.5) is 0 Å². The normalized spacial score (nSPS) is 14.2. The Morgan fingerprint density at radius 3 is 2.43 bits per heavy atom. The first-order chi connectivity index (χ1) is 6.52. The second-order valence-electron chi connectivity index (χ2n) is 3.46. The number of nitrogens with one attached hydrogen (secondary N) is 2. The SMILES string of the molecule is CCCC(C)NCCS(=O)(=O)NCC. The molecule has 1 unspecified atom stereocenters. The highest BCUT2D eigenvalue weighted by molar-refractivity contribution is 7.89. The van der Waals surface area contributed by atoms with Crippen molar-refractivity contribution in [1.82, 2.24) is 10.0 Å². The van der Waals surface area contributed by atoms with Gasteiger partial charge in [-0.2, -0.15) is 0 Å². The van der Waals surface area contributed by atoms with Gasteiger partial charge in [-0.05, 0) is 13.3 Å². The van der Waals surface area contributed by atoms with Crippen molar-refractivity contribution in [1.29, 1.82) is 0 Å². The van der Waals surface area contributed by atoms with E-state index in [0.717, 1.165) is 12.8 Å². The Kier molecular flexibility index (Phi) is 7.13. The van der Waals surface area contributed by atoms with E-state index in [1.807, 2.05) is 0 Å². The van der Waals surface area contributed by atoms with E-state index in [9.17, 15) is 8.42 Å². The van der Waals surface area contributed by atoms with Gasteiger partial charge in [-0.1, -0.05) is 20.3 Å². The molecule has 2 N–H and O–H groups in total. The van der Waals surface area contributed by atoms with Crippen LogP contribution in [0.1, 0.15) is 33.6 Å². The van der Waals surface area contributed by atoms with Crippen molar-refractivity contribution >= 4 is 10.0 Å². The third kappa shape index (κ3) is 7.29. The fraction of sp³-hybridized carbons (Fsp3) is 1.00. The van der Waals surface area contributed by atoms with Gasteiger partial charge in [-0.15, -0.1) is 0 Å². The fourth-order valence-corrected chi connectivity index (χ4v) is 2.24. The number of sulfonamides is 1. The Labute approximate surface area is 87.5 Å². The first-order valence-electron chi connectivity index (χ1n) is 5.22. The molecular formula is C9H22N2O2S. The van der Waals surface area contributed by atoms with E-state index in [1.54, 1.807) is 6.92 Å². The van der Waals surface area contributed by atoms with Crippen LogP contribution in [-0.2, 0) is 10.0 Å². The number of hydrogen-bond acceptors (Lipinski definition) is 3. The van der Waals surface area contributed by atoms with Gasteiger partial charge in [-0.25, -0.2) is 13.1 Å². The van der Waals surface area contributed by atoms with Crippen LogP contribution in [0.3, 0.4) is 0 Å². The van der Waals surface area contributed by atoms with Gasteiger partial charge < -0.3 is 5.32 Å². The van der Waals surface area contributed by atoms with E-state index in [4.69, 9.17) is 0 Å². The molecule has 0 fully saturated rings. The first kappa shape index (κ1) is 13.9. The van der Waals surface area contributed by atoms with Crippen molar-refractivity contribution in [3.63, 3.8) is 0 Å². The van der Waals surface area contributed by atoms with E-state index < -0.39 is 10.0 Å². The van der Waals surface area contributed by atoms with Crippen molar-refractivity contribution in [3.8, 4) is 0 Å². The molecule has 5 heteroatoms. The average molecular weight is 222 g/mol. The predicted molar refractivity (Wildman–Crippen MR) is 59.8 cm³/mol. The summed E-state index contributed by atoms with van der Waals surface area (Å²) < 4.78 is 24.9. The maximum Gasteiger partial charge on any atom is 0.212 e. The molecule has 0 aliphatic rings. The summed E-state index contributed by atoms with van der Waals surface area (Å²) in [7, 11) is -3.05. The Morgan fingerprint density at radius 2 is 1.93 bits per heavy atom. The van der Waals surface area contributed by atoms with E-state index >= 15 is 0 Å². The van der Waals surface area contributed by atoms with Gasteiger partial charge in [0.05, 0.1) is 5.75 Å². The van der Waals surface area contributed by atoms with Crippen molar-refractivity contribution < 1.29 is 8.42 Å². The maximum atomic E-state index is 11.2. The standard InChI is InChI=1S/C9H22N2O2S/c1-4-6-9(3)10-7-8-14(12,13)11-5-2/h9-11H,4-8H2,1-3H3. The van der Waals surface area contributed by atoms with Crippen LogP contribution in [0.15, 0.2) is 0 Å². The van der Waals surface area contributed by atoms with Gasteiger partial charge in [-0.3, -0.25) is 0 Å². The van der Waals surface area contributed by atoms with Gasteiger partial charge in [0.15, 0.2) is 0 Å². The van der Waals surface area contributed by atoms with Crippen LogP contribution < -0.4 is 10.0 Å². The molecule has 1 atom stereocenters. The number of hydrogen-bond donors (Lipinski definition) is 2. The minimum absolute atomic E-state index is 0.162. The zero-order valence-corrected chi connectivity index (χ0v) is 10.2. The Bertz CT molecular complexity index is 227. The van der Waals surface area contributed by atoms with Crippen LogP contribution in [0, 0.1) is 0 Å². The molecule has 0 radical (unpaired) electrons. The maximum absolute atomic E-state index is 11.2. The Balaban J connectivity index is 3.63. The van der Waals surface area contributed by atoms with Gasteiger partial charge in [0.2, 0.25) is 10.0 Å². The lowest BCUT2D eigenvalue weighted by molar-refractivity contribution is 0.519. The highest BCUT2D eigenvalue weighted by atomic mass is 32.2. The molecule has 0 aliphatic heterocycles. The lowest BCUT2D eigenvalue weighted by atomic mass is 10.2. The molecule has 14 heavy (non-hydrogen) atoms. The van der Waals surface area contributed by atoms with Gasteiger partial charge >= 0.3 is 0 Å². The van der Waals surface area contributed by atoms with Crippen LogP contribution in [0.5, 0.6) is 0 Å². The van der Waals surface area contributed by atoms with E-state index in [1.165, 1.54) is 0 Å². The zero-order valence-electron chi connectivity index (χ0n) is 9.34. The van der Waals surface area contributed by atoms with Crippen LogP contribution in [-0.4, -0.2) is 33.3 Å². The highest BCUT2D eigenvalue weighted by Gasteiger charge is 2.08. The minimum atomic E-state index is -3.05. The molecule has 0 rings (SSSR count). The zero-order chi connectivity index (χ0) is 11.0. The molecule has 0 aliphatic carbocycles. The summed E-state index contributed by atoms with van der Waals surface area (Å²) in [5.74, 6) is 0.162. The molecular weight excluding hydrogens is 200 g/mol. The predicted octanol–water partition coefficient (Wildman–Crippen LogP) is 0.704. The summed E-state index contributed by atoms with van der Waals surface area (Å²) >= 11 is 0. The molecule has 0 saturated carbocycles. The van der Waals surface area contributed by atoms with Crippen molar-refractivity contribution in [2.24, 2.45) is 0 Å². The van der Waals surface area contributed by atoms with Crippen LogP contribution in [0.25, 0.3) is 0 Å². The molecule has 0 amide bonds. The summed E-state index contributed by atoms with van der Waals surface area (Å²) in [4.78, 5) is 0. The molecule has 0 bridgehead atoms. The fourth-order valence-electron chi connectivity index (χ4n) is 1.27. The second-order valence-corrected chi connectivity index (χ2v) is 5.39. The van der Waals surface area contributed by atoms with E-state index in [2.05, 4.69) is 23.9 Å². The van der Waals surface area contributed by atoms with Crippen molar-refractivity contribution in [2.75, 3.05) is 18.8 Å². The molecule has 0 heterocycles. The second kappa shape index (κ2) is 7.20. The third-order valence-corrected chi connectivity index (χ3v) is 3.42. The lowest BCUT2D eigenvalue weighted by Gasteiger charge is -2.12. The summed E-state index contributed by atoms with van der Waals surface area (Å²) in [6.45, 7) is 6.96. The smallest absolute Gasteiger partial charge is 0.212 e. The Hall–Kier alpha value is -0.130. The minimum Gasteiger partial charge on any atom is -0.313 e. The van der Waals surface area contributed by atoms with Gasteiger partial charge in [0.1, 0.15) is 0 Å². The largest absolute Gasteiger partial charge is 0.313 e. The van der Waals surface area contributed by atoms with Crippen molar-refractivity contribution in [3.05, 3.63) is 0 Å². The van der Waals surface area contributed by atoms with Crippen LogP contribution in [0.2, 0.25) is 0 Å². The summed E-state index contributed by atoms with van der Waals surface area (Å²) in [6, 6.07) is 0.400. The van der Waals surface area contributed by atoms with Crippen molar-refractivity contribution in [2.45, 2.75) is 39.7 Å². The molecule has 0 aromatic carbocycles. The Morgan fingerprint density at radius 1 is 1.29 bits per heavy atom. The monoisotopic (exact) mass is 222 g/mol. The molecule has 0 aromatic heterocycles. The third-order valence-electron chi connectivity index (χ3n) is 1.95. The van der Waals surface area contributed by atoms with Crippen LogP contribution >= 0.6 is 0 Å². The van der Waals surface area contributed by atoms with Gasteiger partial charge in [0, 0.05) is 19.1 Å². The molecule has 4 nitrogen and oxygen atoms in total. The summed E-state index contributed by atoms with van der Waals surface area (Å²) in [6.07, 6.45) is 2.20. The summed E-state index contributed by atoms with van der Waals surface area (Å²) in [5, 5.41) is 3.18. The lowest BCUT2D eigenvalue weighted by Crippen LogP contribution is -2.35. The average Bonchev–Trinajstić information content (AvgIpc) is 2.03. The molecule has 0 aromatic rings. The number of rotatable bonds is 8. The van der Waals surface area contributed by atoms with Gasteiger partial charge in [0.25, 0.3) is 0 Å². The highest BCUT2D eigenvalue weighted by Crippen LogP contribution is 1.94. The summed E-state index contributed by atoms with van der Waals surface area (Å²) in [5.41, 5.74) is 0. The van der Waals surface area contributed by atoms with E-state index in [0.29, 0.717) is 19.1 Å². The molecule has 0 saturated heterocycles. The quantitative estimate of drug-likeness (QED) is 0.636. The van der Waals surface area contributed by atoms with E-state index in [-0.39, 0.29) is 5.75 Å². The molecule has 86 valence electrons. The molecule has 0 spiro atoms. The topological polar surface area (TPSA) is 58.2 Å². The first-order valence-corrected chi connectivity index (χ1v) is 6.87.